The zero-order valence-corrected chi connectivity index (χ0v) is 15.6. The Morgan fingerprint density at radius 2 is 1.89 bits per heavy atom. The highest BCUT2D eigenvalue weighted by molar-refractivity contribution is 9.10. The SMILES string of the molecule is O=C(CN(CCO)Cc1cc(Br)ccc1F)Nc1ccccc1C(F)(F)F. The average Bonchev–Trinajstić information content (AvgIpc) is 2.58. The van der Waals surface area contributed by atoms with Crippen molar-refractivity contribution in [1.82, 2.24) is 4.90 Å². The number of alkyl halides is 3. The molecule has 2 N–H and O–H groups in total. The molecule has 1 amide bonds. The number of para-hydroxylation sites is 1. The Bertz CT molecular complexity index is 799. The molecule has 27 heavy (non-hydrogen) atoms. The first-order valence-corrected chi connectivity index (χ1v) is 8.73. The maximum atomic E-state index is 13.9. The monoisotopic (exact) mass is 448 g/mol. The maximum Gasteiger partial charge on any atom is 0.418 e. The van der Waals surface area contributed by atoms with E-state index in [1.165, 1.54) is 35.2 Å². The Morgan fingerprint density at radius 3 is 2.56 bits per heavy atom. The van der Waals surface area contributed by atoms with Gasteiger partial charge in [0.25, 0.3) is 0 Å². The minimum absolute atomic E-state index is 0.0141. The summed E-state index contributed by atoms with van der Waals surface area (Å²) in [5, 5.41) is 11.4. The molecule has 0 aromatic heterocycles. The van der Waals surface area contributed by atoms with Gasteiger partial charge in [-0.15, -0.1) is 0 Å². The molecule has 9 heteroatoms. The van der Waals surface area contributed by atoms with Crippen LogP contribution in [0.5, 0.6) is 0 Å². The number of anilines is 1. The molecule has 0 bridgehead atoms. The van der Waals surface area contributed by atoms with Crippen LogP contribution in [0.4, 0.5) is 23.2 Å². The summed E-state index contributed by atoms with van der Waals surface area (Å²) in [5.41, 5.74) is -1.01. The number of halogens is 5. The lowest BCUT2D eigenvalue weighted by Crippen LogP contribution is -2.35. The number of nitrogens with one attached hydrogen (secondary N) is 1. The summed E-state index contributed by atoms with van der Waals surface area (Å²) in [5.74, 6) is -1.18. The van der Waals surface area contributed by atoms with Crippen molar-refractivity contribution < 1.29 is 27.5 Å². The van der Waals surface area contributed by atoms with Gasteiger partial charge in [0.05, 0.1) is 24.4 Å². The van der Waals surface area contributed by atoms with Crippen LogP contribution >= 0.6 is 15.9 Å². The second-order valence-corrected chi connectivity index (χ2v) is 6.68. The molecule has 4 nitrogen and oxygen atoms in total. The number of rotatable bonds is 7. The van der Waals surface area contributed by atoms with Gasteiger partial charge in [0.15, 0.2) is 0 Å². The summed E-state index contributed by atoms with van der Waals surface area (Å²) in [6.45, 7) is -0.527. The predicted octanol–water partition coefficient (Wildman–Crippen LogP) is 4.04. The molecule has 0 aliphatic carbocycles. The van der Waals surface area contributed by atoms with Crippen molar-refractivity contribution in [3.05, 3.63) is 63.9 Å². The number of benzene rings is 2. The molecule has 0 saturated heterocycles. The first-order chi connectivity index (χ1) is 12.7. The lowest BCUT2D eigenvalue weighted by Gasteiger charge is -2.22. The van der Waals surface area contributed by atoms with Crippen molar-refractivity contribution in [2.75, 3.05) is 25.0 Å². The summed E-state index contributed by atoms with van der Waals surface area (Å²) >= 11 is 3.23. The van der Waals surface area contributed by atoms with E-state index in [1.807, 2.05) is 0 Å². The minimum atomic E-state index is -4.60. The van der Waals surface area contributed by atoms with Crippen LogP contribution in [0.25, 0.3) is 0 Å². The molecule has 2 aromatic carbocycles. The summed E-state index contributed by atoms with van der Waals surface area (Å²) in [6.07, 6.45) is -4.60. The number of aliphatic hydroxyl groups excluding tert-OH is 1. The van der Waals surface area contributed by atoms with Gasteiger partial charge in [-0.1, -0.05) is 28.1 Å². The van der Waals surface area contributed by atoms with Crippen LogP contribution in [0, 0.1) is 5.82 Å². The Morgan fingerprint density at radius 1 is 1.19 bits per heavy atom. The lowest BCUT2D eigenvalue weighted by molar-refractivity contribution is -0.137. The molecule has 0 unspecified atom stereocenters. The van der Waals surface area contributed by atoms with E-state index in [-0.39, 0.29) is 31.9 Å². The molecule has 0 spiro atoms. The van der Waals surface area contributed by atoms with E-state index in [0.717, 1.165) is 12.1 Å². The number of hydrogen-bond acceptors (Lipinski definition) is 3. The van der Waals surface area contributed by atoms with E-state index >= 15 is 0 Å². The smallest absolute Gasteiger partial charge is 0.395 e. The first-order valence-electron chi connectivity index (χ1n) is 7.94. The van der Waals surface area contributed by atoms with Gasteiger partial charge in [0, 0.05) is 23.1 Å². The van der Waals surface area contributed by atoms with Crippen LogP contribution in [-0.4, -0.2) is 35.6 Å². The lowest BCUT2D eigenvalue weighted by atomic mass is 10.1. The molecule has 0 radical (unpaired) electrons. The summed E-state index contributed by atoms with van der Waals surface area (Å²) in [4.78, 5) is 13.7. The molecule has 0 saturated carbocycles. The van der Waals surface area contributed by atoms with Crippen molar-refractivity contribution in [3.8, 4) is 0 Å². The zero-order valence-electron chi connectivity index (χ0n) is 14.1. The van der Waals surface area contributed by atoms with Crippen molar-refractivity contribution in [3.63, 3.8) is 0 Å². The Labute approximate surface area is 161 Å². The molecule has 0 aliphatic rings. The molecule has 0 heterocycles. The van der Waals surface area contributed by atoms with Crippen molar-refractivity contribution in [2.24, 2.45) is 0 Å². The van der Waals surface area contributed by atoms with Crippen LogP contribution in [-0.2, 0) is 17.5 Å². The minimum Gasteiger partial charge on any atom is -0.395 e. The predicted molar refractivity (Wildman–Crippen MR) is 96.5 cm³/mol. The van der Waals surface area contributed by atoms with Gasteiger partial charge in [-0.3, -0.25) is 9.69 Å². The van der Waals surface area contributed by atoms with E-state index in [9.17, 15) is 22.4 Å². The molecule has 2 rings (SSSR count). The van der Waals surface area contributed by atoms with E-state index in [2.05, 4.69) is 21.2 Å². The fraction of sp³-hybridized carbons (Fsp3) is 0.278. The molecule has 0 atom stereocenters. The quantitative estimate of drug-likeness (QED) is 0.628. The van der Waals surface area contributed by atoms with Gasteiger partial charge in [-0.05, 0) is 30.3 Å². The van der Waals surface area contributed by atoms with Gasteiger partial charge in [0.1, 0.15) is 5.82 Å². The van der Waals surface area contributed by atoms with Gasteiger partial charge in [0.2, 0.25) is 5.91 Å². The molecule has 0 aliphatic heterocycles. The van der Waals surface area contributed by atoms with Crippen LogP contribution in [0.15, 0.2) is 46.9 Å². The third kappa shape index (κ3) is 6.30. The number of aliphatic hydroxyl groups is 1. The third-order valence-corrected chi connectivity index (χ3v) is 4.18. The molecule has 146 valence electrons. The Kier molecular flexibility index (Phi) is 7.34. The Hall–Kier alpha value is -1.97. The second kappa shape index (κ2) is 9.29. The number of amides is 1. The largest absolute Gasteiger partial charge is 0.418 e. The van der Waals surface area contributed by atoms with E-state index in [0.29, 0.717) is 10.0 Å². The highest BCUT2D eigenvalue weighted by Crippen LogP contribution is 2.34. The number of hydrogen-bond donors (Lipinski definition) is 2. The van der Waals surface area contributed by atoms with Gasteiger partial charge < -0.3 is 10.4 Å². The summed E-state index contributed by atoms with van der Waals surface area (Å²) in [7, 11) is 0. The first kappa shape index (κ1) is 21.3. The molecular weight excluding hydrogens is 432 g/mol. The summed E-state index contributed by atoms with van der Waals surface area (Å²) < 4.78 is 53.6. The average molecular weight is 449 g/mol. The molecule has 2 aromatic rings. The highest BCUT2D eigenvalue weighted by atomic mass is 79.9. The number of carbonyl (C=O) groups excluding carboxylic acids is 1. The standard InChI is InChI=1S/C18H17BrF4N2O2/c19-13-5-6-15(20)12(9-13)10-25(7-8-26)11-17(27)24-16-4-2-1-3-14(16)18(21,22)23/h1-6,9,26H,7-8,10-11H2,(H,24,27). The van der Waals surface area contributed by atoms with Crippen LogP contribution in [0.1, 0.15) is 11.1 Å². The number of nitrogens with zero attached hydrogens (tertiary/aromatic N) is 1. The summed E-state index contributed by atoms with van der Waals surface area (Å²) in [6, 6.07) is 8.96. The normalized spacial score (nSPS) is 11.7. The van der Waals surface area contributed by atoms with Crippen LogP contribution in [0.2, 0.25) is 0 Å². The van der Waals surface area contributed by atoms with Crippen LogP contribution in [0.3, 0.4) is 0 Å². The molecular formula is C18H17BrF4N2O2. The number of carbonyl (C=O) groups is 1. The highest BCUT2D eigenvalue weighted by Gasteiger charge is 2.33. The van der Waals surface area contributed by atoms with Crippen molar-refractivity contribution in [2.45, 2.75) is 12.7 Å². The fourth-order valence-electron chi connectivity index (χ4n) is 2.49. The Balaban J connectivity index is 2.11. The van der Waals surface area contributed by atoms with E-state index < -0.39 is 23.5 Å². The van der Waals surface area contributed by atoms with Crippen molar-refractivity contribution >= 4 is 27.5 Å². The van der Waals surface area contributed by atoms with Crippen LogP contribution < -0.4 is 5.32 Å². The third-order valence-electron chi connectivity index (χ3n) is 3.69. The maximum absolute atomic E-state index is 13.9. The van der Waals surface area contributed by atoms with Gasteiger partial charge in [-0.2, -0.15) is 13.2 Å². The zero-order chi connectivity index (χ0) is 20.0. The second-order valence-electron chi connectivity index (χ2n) is 5.76. The topological polar surface area (TPSA) is 52.6 Å². The van der Waals surface area contributed by atoms with E-state index in [4.69, 9.17) is 5.11 Å². The fourth-order valence-corrected chi connectivity index (χ4v) is 2.90. The van der Waals surface area contributed by atoms with E-state index in [1.54, 1.807) is 0 Å². The van der Waals surface area contributed by atoms with Gasteiger partial charge in [-0.25, -0.2) is 4.39 Å². The molecule has 0 fully saturated rings. The van der Waals surface area contributed by atoms with Gasteiger partial charge >= 0.3 is 6.18 Å². The van der Waals surface area contributed by atoms with Crippen molar-refractivity contribution in [1.29, 1.82) is 0 Å².